The van der Waals surface area contributed by atoms with Crippen molar-refractivity contribution in [1.29, 1.82) is 0 Å². The third-order valence-electron chi connectivity index (χ3n) is 4.83. The van der Waals surface area contributed by atoms with Gasteiger partial charge in [0.25, 0.3) is 0 Å². The Bertz CT molecular complexity index is 493. The minimum Gasteiger partial charge on any atom is -0.381 e. The van der Waals surface area contributed by atoms with Crippen molar-refractivity contribution in [1.82, 2.24) is 5.32 Å². The Balaban J connectivity index is 1.79. The number of hydrogen-bond donors (Lipinski definition) is 1. The molecule has 1 unspecified atom stereocenters. The fraction of sp³-hybridized carbons (Fsp3) is 0.647. The third-order valence-corrected chi connectivity index (χ3v) is 4.83. The van der Waals surface area contributed by atoms with E-state index >= 15 is 0 Å². The minimum absolute atomic E-state index is 0.0270. The fourth-order valence-electron chi connectivity index (χ4n) is 3.30. The molecular weight excluding hydrogens is 291 g/mol. The molecule has 1 atom stereocenters. The average Bonchev–Trinajstić information content (AvgIpc) is 2.45. The summed E-state index contributed by atoms with van der Waals surface area (Å²) in [6.45, 7) is 1.47. The monoisotopic (exact) mass is 313 g/mol. The van der Waals surface area contributed by atoms with E-state index in [0.717, 1.165) is 50.5 Å². The van der Waals surface area contributed by atoms with Crippen molar-refractivity contribution in [2.75, 3.05) is 13.2 Å². The minimum atomic E-state index is -4.28. The Morgan fingerprint density at radius 3 is 2.41 bits per heavy atom. The van der Waals surface area contributed by atoms with Crippen molar-refractivity contribution in [3.63, 3.8) is 0 Å². The van der Waals surface area contributed by atoms with Gasteiger partial charge in [-0.15, -0.1) is 0 Å². The molecule has 0 radical (unpaired) electrons. The Hall–Kier alpha value is -1.07. The van der Waals surface area contributed by atoms with Crippen molar-refractivity contribution in [2.24, 2.45) is 5.92 Å². The maximum absolute atomic E-state index is 12.9. The zero-order chi connectivity index (χ0) is 15.6. The van der Waals surface area contributed by atoms with Crippen molar-refractivity contribution in [3.05, 3.63) is 35.4 Å². The summed E-state index contributed by atoms with van der Waals surface area (Å²) in [5.74, 6) is 0.450. The number of alkyl halides is 3. The highest BCUT2D eigenvalue weighted by Gasteiger charge is 2.34. The molecule has 3 rings (SSSR count). The lowest BCUT2D eigenvalue weighted by molar-refractivity contribution is -0.137. The van der Waals surface area contributed by atoms with E-state index in [0.29, 0.717) is 12.0 Å². The zero-order valence-electron chi connectivity index (χ0n) is 12.5. The molecule has 1 aliphatic carbocycles. The van der Waals surface area contributed by atoms with Crippen LogP contribution in [0.1, 0.15) is 49.3 Å². The van der Waals surface area contributed by atoms with Crippen LogP contribution in [0.3, 0.4) is 0 Å². The van der Waals surface area contributed by atoms with Crippen LogP contribution in [0.2, 0.25) is 0 Å². The highest BCUT2D eigenvalue weighted by molar-refractivity contribution is 5.29. The second-order valence-corrected chi connectivity index (χ2v) is 6.35. The number of nitrogens with one attached hydrogen (secondary N) is 1. The quantitative estimate of drug-likeness (QED) is 0.894. The van der Waals surface area contributed by atoms with E-state index < -0.39 is 11.7 Å². The molecule has 1 aromatic carbocycles. The van der Waals surface area contributed by atoms with Gasteiger partial charge in [0.1, 0.15) is 0 Å². The predicted molar refractivity (Wildman–Crippen MR) is 78.5 cm³/mol. The summed E-state index contributed by atoms with van der Waals surface area (Å²) in [4.78, 5) is 0. The van der Waals surface area contributed by atoms with Crippen molar-refractivity contribution in [2.45, 2.75) is 50.4 Å². The second kappa shape index (κ2) is 6.59. The fourth-order valence-corrected chi connectivity index (χ4v) is 3.30. The molecule has 0 bridgehead atoms. The predicted octanol–water partition coefficient (Wildman–Crippen LogP) is 4.32. The number of ether oxygens (including phenoxy) is 1. The first-order valence-electron chi connectivity index (χ1n) is 8.05. The topological polar surface area (TPSA) is 21.3 Å². The molecule has 0 amide bonds. The van der Waals surface area contributed by atoms with Gasteiger partial charge in [-0.25, -0.2) is 0 Å². The van der Waals surface area contributed by atoms with E-state index in [1.54, 1.807) is 0 Å². The molecule has 1 saturated carbocycles. The Morgan fingerprint density at radius 2 is 1.82 bits per heavy atom. The summed E-state index contributed by atoms with van der Waals surface area (Å²) < 4.78 is 44.2. The van der Waals surface area contributed by atoms with Gasteiger partial charge in [-0.05, 0) is 49.3 Å². The van der Waals surface area contributed by atoms with Crippen LogP contribution in [0, 0.1) is 5.92 Å². The third kappa shape index (κ3) is 3.63. The van der Waals surface area contributed by atoms with E-state index in [4.69, 9.17) is 4.74 Å². The summed E-state index contributed by atoms with van der Waals surface area (Å²) in [6, 6.07) is 6.18. The molecule has 2 aliphatic rings. The maximum Gasteiger partial charge on any atom is 0.416 e. The van der Waals surface area contributed by atoms with Crippen molar-refractivity contribution in [3.8, 4) is 0 Å². The lowest BCUT2D eigenvalue weighted by atomic mass is 9.76. The van der Waals surface area contributed by atoms with Crippen LogP contribution < -0.4 is 5.32 Å². The smallest absolute Gasteiger partial charge is 0.381 e. The van der Waals surface area contributed by atoms with Crippen LogP contribution in [0.25, 0.3) is 0 Å². The maximum atomic E-state index is 12.9. The van der Waals surface area contributed by atoms with E-state index in [9.17, 15) is 13.2 Å². The Kier molecular flexibility index (Phi) is 4.73. The molecule has 22 heavy (non-hydrogen) atoms. The standard InChI is InChI=1S/C17H22F3NO/c18-17(19,20)14-6-2-5-13(11-14)16(12-3-1-4-12)21-15-7-9-22-10-8-15/h2,5-6,11-12,15-16,21H,1,3-4,7-10H2. The zero-order valence-corrected chi connectivity index (χ0v) is 12.5. The van der Waals surface area contributed by atoms with E-state index in [-0.39, 0.29) is 6.04 Å². The number of halogens is 3. The second-order valence-electron chi connectivity index (χ2n) is 6.35. The average molecular weight is 313 g/mol. The Morgan fingerprint density at radius 1 is 1.09 bits per heavy atom. The first-order valence-corrected chi connectivity index (χ1v) is 8.05. The van der Waals surface area contributed by atoms with E-state index in [2.05, 4.69) is 5.32 Å². The molecule has 122 valence electrons. The summed E-state index contributed by atoms with van der Waals surface area (Å²) in [5.41, 5.74) is 0.217. The molecule has 1 aromatic rings. The van der Waals surface area contributed by atoms with Gasteiger partial charge in [0.05, 0.1) is 5.56 Å². The highest BCUT2D eigenvalue weighted by atomic mass is 19.4. The van der Waals surface area contributed by atoms with Crippen LogP contribution in [0.4, 0.5) is 13.2 Å². The normalized spacial score (nSPS) is 22.3. The number of hydrogen-bond acceptors (Lipinski definition) is 2. The van der Waals surface area contributed by atoms with Crippen LogP contribution in [-0.4, -0.2) is 19.3 Å². The van der Waals surface area contributed by atoms with Crippen molar-refractivity contribution >= 4 is 0 Å². The van der Waals surface area contributed by atoms with Gasteiger partial charge in [-0.2, -0.15) is 13.2 Å². The molecule has 2 fully saturated rings. The van der Waals surface area contributed by atoms with Crippen LogP contribution in [-0.2, 0) is 10.9 Å². The summed E-state index contributed by atoms with van der Waals surface area (Å²) in [6.07, 6.45) is 0.951. The van der Waals surface area contributed by atoms with E-state index in [1.165, 1.54) is 18.6 Å². The largest absolute Gasteiger partial charge is 0.416 e. The first kappa shape index (κ1) is 15.8. The Labute approximate surface area is 129 Å². The molecule has 5 heteroatoms. The van der Waals surface area contributed by atoms with Gasteiger partial charge in [-0.1, -0.05) is 18.6 Å². The van der Waals surface area contributed by atoms with Gasteiger partial charge in [-0.3, -0.25) is 0 Å². The van der Waals surface area contributed by atoms with Gasteiger partial charge in [0.2, 0.25) is 0 Å². The van der Waals surface area contributed by atoms with Gasteiger partial charge in [0.15, 0.2) is 0 Å². The number of rotatable bonds is 4. The van der Waals surface area contributed by atoms with Crippen LogP contribution >= 0.6 is 0 Å². The molecule has 1 saturated heterocycles. The molecule has 0 spiro atoms. The first-order chi connectivity index (χ1) is 10.5. The van der Waals surface area contributed by atoms with Gasteiger partial charge < -0.3 is 10.1 Å². The lowest BCUT2D eigenvalue weighted by Crippen LogP contribution is -2.41. The SMILES string of the molecule is FC(F)(F)c1cccc(C(NC2CCOCC2)C2CCC2)c1. The van der Waals surface area contributed by atoms with Crippen LogP contribution in [0.15, 0.2) is 24.3 Å². The van der Waals surface area contributed by atoms with Crippen LogP contribution in [0.5, 0.6) is 0 Å². The highest BCUT2D eigenvalue weighted by Crippen LogP contribution is 2.40. The molecular formula is C17H22F3NO. The summed E-state index contributed by atoms with van der Waals surface area (Å²) in [5, 5.41) is 3.61. The lowest BCUT2D eigenvalue weighted by Gasteiger charge is -2.38. The van der Waals surface area contributed by atoms with E-state index in [1.807, 2.05) is 6.07 Å². The number of benzene rings is 1. The molecule has 1 N–H and O–H groups in total. The molecule has 2 nitrogen and oxygen atoms in total. The summed E-state index contributed by atoms with van der Waals surface area (Å²) >= 11 is 0. The molecule has 1 aliphatic heterocycles. The van der Waals surface area contributed by atoms with Crippen molar-refractivity contribution < 1.29 is 17.9 Å². The van der Waals surface area contributed by atoms with Gasteiger partial charge in [0, 0.05) is 25.3 Å². The van der Waals surface area contributed by atoms with Gasteiger partial charge >= 0.3 is 6.18 Å². The molecule has 0 aromatic heterocycles. The molecule has 1 heterocycles. The summed E-state index contributed by atoms with van der Waals surface area (Å²) in [7, 11) is 0.